The summed E-state index contributed by atoms with van der Waals surface area (Å²) >= 11 is 6.16. The first-order valence-corrected chi connectivity index (χ1v) is 22.8. The van der Waals surface area contributed by atoms with Crippen LogP contribution < -0.4 is 19.7 Å². The molecule has 0 spiro atoms. The highest BCUT2D eigenvalue weighted by Crippen LogP contribution is 2.35. The van der Waals surface area contributed by atoms with Crippen molar-refractivity contribution < 1.29 is 32.4 Å². The van der Waals surface area contributed by atoms with E-state index in [4.69, 9.17) is 21.1 Å². The van der Waals surface area contributed by atoms with Crippen LogP contribution in [0, 0.1) is 16.0 Å². The van der Waals surface area contributed by atoms with Gasteiger partial charge < -0.3 is 24.6 Å². The van der Waals surface area contributed by atoms with Gasteiger partial charge in [-0.1, -0.05) is 66.2 Å². The maximum absolute atomic E-state index is 14.0. The van der Waals surface area contributed by atoms with Crippen molar-refractivity contribution in [2.75, 3.05) is 70.2 Å². The van der Waals surface area contributed by atoms with Gasteiger partial charge in [-0.2, -0.15) is 0 Å². The molecule has 0 saturated carbocycles. The number of sulfonamides is 1. The molecule has 7 rings (SSSR count). The number of amides is 2. The lowest BCUT2D eigenvalue weighted by molar-refractivity contribution is -0.384. The molecule has 0 aliphatic carbocycles. The number of piperazine rings is 1. The van der Waals surface area contributed by atoms with Gasteiger partial charge in [0.1, 0.15) is 17.2 Å². The lowest BCUT2D eigenvalue weighted by Gasteiger charge is -2.36. The molecule has 5 aromatic rings. The molecule has 2 heterocycles. The normalized spacial score (nSPS) is 14.8. The Balaban J connectivity index is 1.11. The van der Waals surface area contributed by atoms with Crippen LogP contribution in [0.15, 0.2) is 114 Å². The number of carbonyl (C=O) groups is 2. The highest BCUT2D eigenvalue weighted by Gasteiger charge is 2.28. The van der Waals surface area contributed by atoms with Gasteiger partial charge in [0.25, 0.3) is 21.6 Å². The lowest BCUT2D eigenvalue weighted by Crippen LogP contribution is -2.46. The van der Waals surface area contributed by atoms with Crippen molar-refractivity contribution in [1.82, 2.24) is 14.5 Å². The highest BCUT2D eigenvalue weighted by atomic mass is 35.5. The predicted octanol–water partition coefficient (Wildman–Crippen LogP) is 8.01. The number of para-hydroxylation sites is 1. The zero-order valence-corrected chi connectivity index (χ0v) is 36.9. The Morgan fingerprint density at radius 1 is 0.873 bits per heavy atom. The Kier molecular flexibility index (Phi) is 14.6. The summed E-state index contributed by atoms with van der Waals surface area (Å²) in [4.78, 5) is 43.6. The van der Waals surface area contributed by atoms with Crippen LogP contribution in [0.2, 0.25) is 5.02 Å². The summed E-state index contributed by atoms with van der Waals surface area (Å²) in [7, 11) is -1.22. The number of nitrogens with one attached hydrogen (secondary N) is 2. The number of rotatable bonds is 16. The first kappa shape index (κ1) is 45.0. The Morgan fingerprint density at radius 3 is 2.29 bits per heavy atom. The number of anilines is 2. The fraction of sp³-hybridized carbons (Fsp3) is 0.319. The maximum Gasteiger partial charge on any atom is 0.293 e. The standard InChI is InChI=1S/C47H51ClN6O8S/c1-51(2)46(55)20-13-35-7-4-6-10-44(35)62-45-29-38(53-25-23-52(24-26-53)32-36-8-3-5-9-40(36)34-11-14-37(48)15-12-34)16-18-41(45)47(56)50-63(59,60)39-17-19-42(43(30-39)54(57)58)49-31-33-21-27-61-28-22-33/h3-12,14-19,29-30,33,49H,13,20-28,31-32H2,1-2H3,(H,50,56). The summed E-state index contributed by atoms with van der Waals surface area (Å²) in [5.41, 5.74) is 4.62. The van der Waals surface area contributed by atoms with E-state index < -0.39 is 31.4 Å². The number of hydrogen-bond donors (Lipinski definition) is 2. The van der Waals surface area contributed by atoms with Crippen LogP contribution >= 0.6 is 11.6 Å². The minimum absolute atomic E-state index is 0.0620. The third-order valence-electron chi connectivity index (χ3n) is 11.4. The van der Waals surface area contributed by atoms with E-state index in [1.54, 1.807) is 38.4 Å². The Morgan fingerprint density at radius 2 is 1.57 bits per heavy atom. The van der Waals surface area contributed by atoms with Crippen LogP contribution in [0.25, 0.3) is 11.1 Å². The first-order valence-electron chi connectivity index (χ1n) is 20.9. The fourth-order valence-corrected chi connectivity index (χ4v) is 8.88. The second-order valence-corrected chi connectivity index (χ2v) is 18.0. The van der Waals surface area contributed by atoms with Gasteiger partial charge in [0.15, 0.2) is 0 Å². The monoisotopic (exact) mass is 894 g/mol. The van der Waals surface area contributed by atoms with Crippen molar-refractivity contribution >= 4 is 50.5 Å². The maximum atomic E-state index is 14.0. The zero-order chi connectivity index (χ0) is 44.5. The smallest absolute Gasteiger partial charge is 0.293 e. The number of benzene rings is 5. The van der Waals surface area contributed by atoms with E-state index in [1.807, 2.05) is 48.5 Å². The highest BCUT2D eigenvalue weighted by molar-refractivity contribution is 7.90. The summed E-state index contributed by atoms with van der Waals surface area (Å²) in [5, 5.41) is 15.9. The number of carbonyl (C=O) groups excluding carboxylic acids is 2. The molecule has 0 radical (unpaired) electrons. The van der Waals surface area contributed by atoms with Gasteiger partial charge in [-0.25, -0.2) is 13.1 Å². The summed E-state index contributed by atoms with van der Waals surface area (Å²) in [6, 6.07) is 31.9. The second kappa shape index (κ2) is 20.5. The van der Waals surface area contributed by atoms with Crippen molar-refractivity contribution in [3.8, 4) is 22.6 Å². The first-order chi connectivity index (χ1) is 30.3. The van der Waals surface area contributed by atoms with E-state index in [0.717, 1.165) is 60.9 Å². The molecule has 2 amide bonds. The van der Waals surface area contributed by atoms with Gasteiger partial charge in [-0.3, -0.25) is 24.6 Å². The van der Waals surface area contributed by atoms with E-state index in [2.05, 4.69) is 32.0 Å². The average molecular weight is 895 g/mol. The van der Waals surface area contributed by atoms with Crippen LogP contribution in [-0.2, 0) is 32.5 Å². The van der Waals surface area contributed by atoms with Crippen LogP contribution in [0.3, 0.4) is 0 Å². The van der Waals surface area contributed by atoms with E-state index in [9.17, 15) is 28.1 Å². The Bertz CT molecular complexity index is 2540. The number of aryl methyl sites for hydroxylation is 1. The molecular formula is C47H51ClN6O8S. The van der Waals surface area contributed by atoms with Gasteiger partial charge in [0.2, 0.25) is 5.91 Å². The molecule has 5 aromatic carbocycles. The number of nitrogens with zero attached hydrogens (tertiary/aromatic N) is 4. The van der Waals surface area contributed by atoms with Gasteiger partial charge in [-0.05, 0) is 89.9 Å². The average Bonchev–Trinajstić information content (AvgIpc) is 3.28. The van der Waals surface area contributed by atoms with Crippen molar-refractivity contribution in [3.05, 3.63) is 141 Å². The van der Waals surface area contributed by atoms with Crippen LogP contribution in [0.4, 0.5) is 17.1 Å². The van der Waals surface area contributed by atoms with Crippen LogP contribution in [-0.4, -0.2) is 95.0 Å². The second-order valence-electron chi connectivity index (χ2n) is 15.9. The Hall–Kier alpha value is -6.00. The van der Waals surface area contributed by atoms with Gasteiger partial charge in [0, 0.05) is 95.8 Å². The fourth-order valence-electron chi connectivity index (χ4n) is 7.77. The predicted molar refractivity (Wildman–Crippen MR) is 244 cm³/mol. The van der Waals surface area contributed by atoms with Crippen LogP contribution in [0.5, 0.6) is 11.5 Å². The van der Waals surface area contributed by atoms with Crippen molar-refractivity contribution in [3.63, 3.8) is 0 Å². The molecule has 2 aliphatic rings. The minimum atomic E-state index is -4.59. The van der Waals surface area contributed by atoms with Gasteiger partial charge in [0.05, 0.1) is 15.4 Å². The molecule has 63 heavy (non-hydrogen) atoms. The van der Waals surface area contributed by atoms with E-state index >= 15 is 0 Å². The van der Waals surface area contributed by atoms with E-state index in [1.165, 1.54) is 28.7 Å². The summed E-state index contributed by atoms with van der Waals surface area (Å²) in [5.74, 6) is -0.278. The van der Waals surface area contributed by atoms with Crippen LogP contribution in [0.1, 0.15) is 40.7 Å². The molecule has 0 bridgehead atoms. The molecule has 0 aromatic heterocycles. The minimum Gasteiger partial charge on any atom is -0.456 e. The largest absolute Gasteiger partial charge is 0.456 e. The summed E-state index contributed by atoms with van der Waals surface area (Å²) in [6.07, 6.45) is 2.21. The molecular weight excluding hydrogens is 844 g/mol. The lowest BCUT2D eigenvalue weighted by atomic mass is 9.99. The van der Waals surface area contributed by atoms with Gasteiger partial charge in [-0.15, -0.1) is 0 Å². The molecule has 16 heteroatoms. The molecule has 0 unspecified atom stereocenters. The van der Waals surface area contributed by atoms with E-state index in [-0.39, 0.29) is 35.2 Å². The topological polar surface area (TPSA) is 164 Å². The van der Waals surface area contributed by atoms with Crippen molar-refractivity contribution in [1.29, 1.82) is 0 Å². The molecule has 14 nitrogen and oxygen atoms in total. The SMILES string of the molecule is CN(C)C(=O)CCc1ccccc1Oc1cc(N2CCN(Cc3ccccc3-c3ccc(Cl)cc3)CC2)ccc1C(=O)NS(=O)(=O)c1ccc(NCC2CCOCC2)c([N+](=O)[O-])c1. The molecule has 330 valence electrons. The summed E-state index contributed by atoms with van der Waals surface area (Å²) in [6.45, 7) is 5.30. The zero-order valence-electron chi connectivity index (χ0n) is 35.3. The number of nitro benzene ring substituents is 1. The molecule has 0 atom stereocenters. The quantitative estimate of drug-likeness (QED) is 0.0729. The van der Waals surface area contributed by atoms with Gasteiger partial charge >= 0.3 is 0 Å². The van der Waals surface area contributed by atoms with Crippen molar-refractivity contribution in [2.45, 2.75) is 37.1 Å². The number of nitro groups is 1. The molecule has 2 aliphatic heterocycles. The summed E-state index contributed by atoms with van der Waals surface area (Å²) < 4.78 is 41.5. The third kappa shape index (κ3) is 11.5. The molecule has 2 fully saturated rings. The Labute approximate surface area is 372 Å². The number of hydrogen-bond acceptors (Lipinski definition) is 11. The molecule has 2 N–H and O–H groups in total. The molecule has 2 saturated heterocycles. The van der Waals surface area contributed by atoms with E-state index in [0.29, 0.717) is 50.0 Å². The number of ether oxygens (including phenoxy) is 2. The third-order valence-corrected chi connectivity index (χ3v) is 13.0. The number of halogens is 1. The van der Waals surface area contributed by atoms with Crippen molar-refractivity contribution in [2.24, 2.45) is 5.92 Å².